The van der Waals surface area contributed by atoms with Gasteiger partial charge in [0, 0.05) is 13.1 Å². The van der Waals surface area contributed by atoms with Crippen LogP contribution in [-0.4, -0.2) is 90.5 Å². The van der Waals surface area contributed by atoms with Crippen molar-refractivity contribution in [3.05, 3.63) is 0 Å². The summed E-state index contributed by atoms with van der Waals surface area (Å²) in [5.41, 5.74) is 26.8. The molecular weight excluding hydrogens is 480 g/mol. The first kappa shape index (κ1) is 31.7. The van der Waals surface area contributed by atoms with Gasteiger partial charge in [0.05, 0.1) is 12.6 Å². The molecule has 14 N–H and O–H groups in total. The van der Waals surface area contributed by atoms with Crippen LogP contribution in [0.15, 0.2) is 9.98 Å². The first-order valence-electron chi connectivity index (χ1n) is 10.9. The summed E-state index contributed by atoms with van der Waals surface area (Å²) >= 11 is 1.54. The highest BCUT2D eigenvalue weighted by atomic mass is 32.2. The van der Waals surface area contributed by atoms with Crippen LogP contribution >= 0.6 is 11.8 Å². The van der Waals surface area contributed by atoms with E-state index in [1.54, 1.807) is 11.8 Å². The molecule has 200 valence electrons. The molecule has 3 atom stereocenters. The number of guanidine groups is 2. The molecule has 0 saturated heterocycles. The number of carboxylic acids is 1. The predicted octanol–water partition coefficient (Wildman–Crippen LogP) is -3.66. The van der Waals surface area contributed by atoms with E-state index in [4.69, 9.17) is 28.7 Å². The quantitative estimate of drug-likeness (QED) is 0.0484. The van der Waals surface area contributed by atoms with Gasteiger partial charge < -0.3 is 49.7 Å². The van der Waals surface area contributed by atoms with Gasteiger partial charge in [-0.3, -0.25) is 24.4 Å². The molecule has 0 saturated carbocycles. The summed E-state index contributed by atoms with van der Waals surface area (Å²) in [6.45, 7) is -0.00626. The normalized spacial score (nSPS) is 13.0. The summed E-state index contributed by atoms with van der Waals surface area (Å²) in [5.74, 6) is -2.65. The molecule has 0 aliphatic carbocycles. The van der Waals surface area contributed by atoms with E-state index < -0.39 is 48.4 Å². The van der Waals surface area contributed by atoms with Crippen LogP contribution < -0.4 is 44.6 Å². The van der Waals surface area contributed by atoms with Gasteiger partial charge in [-0.25, -0.2) is 4.79 Å². The van der Waals surface area contributed by atoms with Crippen molar-refractivity contribution < 1.29 is 24.3 Å². The molecule has 0 bridgehead atoms. The second-order valence-electron chi connectivity index (χ2n) is 7.52. The molecule has 0 heterocycles. The maximum Gasteiger partial charge on any atom is 0.326 e. The highest BCUT2D eigenvalue weighted by Gasteiger charge is 2.26. The molecule has 0 fully saturated rings. The van der Waals surface area contributed by atoms with Crippen molar-refractivity contribution in [2.45, 2.75) is 50.2 Å². The standard InChI is InChI=1S/C19H38N10O5S/c1-35-9-6-11(20)15(31)27-10-14(30)28-12(4-2-7-25-18(21)22)16(32)29-13(17(33)34)5-3-8-26-19(23)24/h11-13H,2-10,20H2,1H3,(H,27,31)(H,28,30)(H,29,32)(H,33,34)(H4,21,22,25)(H4,23,24,26). The van der Waals surface area contributed by atoms with E-state index in [-0.39, 0.29) is 37.9 Å². The highest BCUT2D eigenvalue weighted by Crippen LogP contribution is 2.04. The molecule has 0 aliphatic rings. The third-order valence-electron chi connectivity index (χ3n) is 4.55. The second kappa shape index (κ2) is 18.1. The summed E-state index contributed by atoms with van der Waals surface area (Å²) in [7, 11) is 0. The van der Waals surface area contributed by atoms with Gasteiger partial charge in [-0.15, -0.1) is 0 Å². The number of hydrogen-bond donors (Lipinski definition) is 9. The number of nitrogens with one attached hydrogen (secondary N) is 3. The number of aliphatic imine (C=N–C) groups is 2. The number of carboxylic acid groups (broad SMARTS) is 1. The number of rotatable bonds is 18. The largest absolute Gasteiger partial charge is 0.480 e. The van der Waals surface area contributed by atoms with Crippen LogP contribution in [0.1, 0.15) is 32.1 Å². The van der Waals surface area contributed by atoms with Crippen LogP contribution in [0.5, 0.6) is 0 Å². The van der Waals surface area contributed by atoms with E-state index >= 15 is 0 Å². The monoisotopic (exact) mass is 518 g/mol. The molecule has 15 nitrogen and oxygen atoms in total. The molecule has 0 aromatic carbocycles. The van der Waals surface area contributed by atoms with Crippen LogP contribution in [0.25, 0.3) is 0 Å². The van der Waals surface area contributed by atoms with E-state index in [1.165, 1.54) is 0 Å². The van der Waals surface area contributed by atoms with Gasteiger partial charge >= 0.3 is 5.97 Å². The summed E-state index contributed by atoms with van der Waals surface area (Å²) in [4.78, 5) is 56.3. The average molecular weight is 519 g/mol. The predicted molar refractivity (Wildman–Crippen MR) is 135 cm³/mol. The minimum absolute atomic E-state index is 0.0660. The maximum absolute atomic E-state index is 12.8. The zero-order chi connectivity index (χ0) is 26.8. The third-order valence-corrected chi connectivity index (χ3v) is 5.19. The number of nitrogens with two attached hydrogens (primary N) is 5. The fourth-order valence-electron chi connectivity index (χ4n) is 2.73. The van der Waals surface area contributed by atoms with E-state index in [0.29, 0.717) is 25.0 Å². The Balaban J connectivity index is 5.06. The van der Waals surface area contributed by atoms with E-state index in [9.17, 15) is 24.3 Å². The first-order valence-corrected chi connectivity index (χ1v) is 12.3. The third kappa shape index (κ3) is 16.1. The molecule has 3 amide bonds. The molecule has 0 rings (SSSR count). The molecular formula is C19H38N10O5S. The first-order chi connectivity index (χ1) is 16.5. The lowest BCUT2D eigenvalue weighted by Crippen LogP contribution is -2.53. The average Bonchev–Trinajstić information content (AvgIpc) is 2.78. The fourth-order valence-corrected chi connectivity index (χ4v) is 3.22. The molecule has 16 heteroatoms. The van der Waals surface area contributed by atoms with Crippen molar-refractivity contribution in [2.24, 2.45) is 38.7 Å². The fraction of sp³-hybridized carbons (Fsp3) is 0.684. The molecule has 0 spiro atoms. The minimum Gasteiger partial charge on any atom is -0.480 e. The van der Waals surface area contributed by atoms with Crippen LogP contribution in [0, 0.1) is 0 Å². The van der Waals surface area contributed by atoms with Crippen molar-refractivity contribution >= 4 is 47.4 Å². The van der Waals surface area contributed by atoms with Gasteiger partial charge in [0.2, 0.25) is 17.7 Å². The summed E-state index contributed by atoms with van der Waals surface area (Å²) in [6.07, 6.45) is 3.15. The Bertz CT molecular complexity index is 756. The van der Waals surface area contributed by atoms with Crippen LogP contribution in [0.4, 0.5) is 0 Å². The number of nitrogens with zero attached hydrogens (tertiary/aromatic N) is 2. The molecule has 35 heavy (non-hydrogen) atoms. The number of hydrogen-bond acceptors (Lipinski definition) is 8. The zero-order valence-corrected chi connectivity index (χ0v) is 20.7. The topological polar surface area (TPSA) is 279 Å². The van der Waals surface area contributed by atoms with Crippen molar-refractivity contribution in [1.82, 2.24) is 16.0 Å². The van der Waals surface area contributed by atoms with Crippen molar-refractivity contribution in [3.63, 3.8) is 0 Å². The van der Waals surface area contributed by atoms with Crippen LogP contribution in [0.2, 0.25) is 0 Å². The zero-order valence-electron chi connectivity index (χ0n) is 19.9. The van der Waals surface area contributed by atoms with Gasteiger partial charge in [0.1, 0.15) is 12.1 Å². The van der Waals surface area contributed by atoms with E-state index in [0.717, 1.165) is 0 Å². The highest BCUT2D eigenvalue weighted by molar-refractivity contribution is 7.98. The Morgan fingerprint density at radius 1 is 0.857 bits per heavy atom. The summed E-state index contributed by atoms with van der Waals surface area (Å²) in [5, 5.41) is 16.8. The van der Waals surface area contributed by atoms with Gasteiger partial charge in [0.15, 0.2) is 11.9 Å². The maximum atomic E-state index is 12.8. The van der Waals surface area contributed by atoms with E-state index in [2.05, 4.69) is 25.9 Å². The lowest BCUT2D eigenvalue weighted by Gasteiger charge is -2.21. The van der Waals surface area contributed by atoms with Gasteiger partial charge in [-0.1, -0.05) is 0 Å². The molecule has 0 aliphatic heterocycles. The number of carbonyl (C=O) groups is 4. The Kier molecular flexibility index (Phi) is 16.4. The number of aliphatic carboxylic acids is 1. The lowest BCUT2D eigenvalue weighted by atomic mass is 10.1. The lowest BCUT2D eigenvalue weighted by molar-refractivity contribution is -0.142. The smallest absolute Gasteiger partial charge is 0.326 e. The SMILES string of the molecule is CSCCC(N)C(=O)NCC(=O)NC(CCCN=C(N)N)C(=O)NC(CCCN=C(N)N)C(=O)O. The second-order valence-corrected chi connectivity index (χ2v) is 8.51. The summed E-state index contributed by atoms with van der Waals surface area (Å²) in [6, 6.07) is -3.06. The number of amides is 3. The minimum atomic E-state index is -1.25. The van der Waals surface area contributed by atoms with Crippen molar-refractivity contribution in [1.29, 1.82) is 0 Å². The number of carbonyl (C=O) groups excluding carboxylic acids is 3. The Morgan fingerprint density at radius 2 is 1.40 bits per heavy atom. The molecule has 0 aromatic heterocycles. The van der Waals surface area contributed by atoms with Gasteiger partial charge in [0.25, 0.3) is 0 Å². The van der Waals surface area contributed by atoms with Gasteiger partial charge in [-0.05, 0) is 44.1 Å². The van der Waals surface area contributed by atoms with E-state index in [1.807, 2.05) is 6.26 Å². The van der Waals surface area contributed by atoms with Crippen LogP contribution in [0.3, 0.4) is 0 Å². The van der Waals surface area contributed by atoms with Crippen molar-refractivity contribution in [2.75, 3.05) is 31.6 Å². The van der Waals surface area contributed by atoms with Gasteiger partial charge in [-0.2, -0.15) is 11.8 Å². The molecule has 3 unspecified atom stereocenters. The Morgan fingerprint density at radius 3 is 1.89 bits per heavy atom. The van der Waals surface area contributed by atoms with Crippen molar-refractivity contribution in [3.8, 4) is 0 Å². The Labute approximate surface area is 208 Å². The molecule has 0 radical (unpaired) electrons. The number of thioether (sulfide) groups is 1. The summed E-state index contributed by atoms with van der Waals surface area (Å²) < 4.78 is 0. The molecule has 0 aromatic rings. The van der Waals surface area contributed by atoms with Crippen LogP contribution in [-0.2, 0) is 19.2 Å². The Hall–Kier alpha value is -3.27.